The third-order valence-corrected chi connectivity index (χ3v) is 4.04. The van der Waals surface area contributed by atoms with Crippen LogP contribution in [0.4, 0.5) is 0 Å². The van der Waals surface area contributed by atoms with Crippen molar-refractivity contribution < 1.29 is 14.3 Å². The van der Waals surface area contributed by atoms with Gasteiger partial charge in [0.2, 0.25) is 5.91 Å². The number of amides is 1. The molecule has 0 aliphatic carbocycles. The molecule has 2 rings (SSSR count). The summed E-state index contributed by atoms with van der Waals surface area (Å²) in [6, 6.07) is 15.5. The van der Waals surface area contributed by atoms with Crippen LogP contribution in [0.3, 0.4) is 0 Å². The van der Waals surface area contributed by atoms with E-state index in [1.54, 1.807) is 38.3 Å². The van der Waals surface area contributed by atoms with Gasteiger partial charge in [0.15, 0.2) is 11.5 Å². The summed E-state index contributed by atoms with van der Waals surface area (Å²) in [5.41, 5.74) is 1.98. The van der Waals surface area contributed by atoms with Crippen LogP contribution in [0.2, 0.25) is 0 Å². The molecule has 0 radical (unpaired) electrons. The van der Waals surface area contributed by atoms with Crippen molar-refractivity contribution in [2.75, 3.05) is 21.3 Å². The number of carbonyl (C=O) groups excluding carboxylic acids is 1. The van der Waals surface area contributed by atoms with E-state index >= 15 is 0 Å². The van der Waals surface area contributed by atoms with E-state index < -0.39 is 0 Å². The Morgan fingerprint density at radius 3 is 2.33 bits per heavy atom. The summed E-state index contributed by atoms with van der Waals surface area (Å²) in [6.45, 7) is 2.01. The molecule has 4 nitrogen and oxygen atoms in total. The summed E-state index contributed by atoms with van der Waals surface area (Å²) in [6.07, 6.45) is 3.35. The molecule has 2 aromatic carbocycles. The number of methoxy groups -OCH3 is 2. The highest BCUT2D eigenvalue weighted by Crippen LogP contribution is 2.28. The second kappa shape index (κ2) is 8.20. The molecule has 0 spiro atoms. The Bertz CT molecular complexity index is 710. The topological polar surface area (TPSA) is 38.8 Å². The van der Waals surface area contributed by atoms with Crippen molar-refractivity contribution >= 4 is 12.0 Å². The van der Waals surface area contributed by atoms with E-state index in [2.05, 4.69) is 0 Å². The first-order valence-electron chi connectivity index (χ1n) is 7.78. The van der Waals surface area contributed by atoms with Gasteiger partial charge in [-0.2, -0.15) is 0 Å². The summed E-state index contributed by atoms with van der Waals surface area (Å²) in [5, 5.41) is 0. The quantitative estimate of drug-likeness (QED) is 0.755. The Balaban J connectivity index is 2.09. The van der Waals surface area contributed by atoms with Crippen LogP contribution in [-0.2, 0) is 4.79 Å². The van der Waals surface area contributed by atoms with Crippen LogP contribution in [0.5, 0.6) is 11.5 Å². The lowest BCUT2D eigenvalue weighted by Gasteiger charge is -2.24. The van der Waals surface area contributed by atoms with Gasteiger partial charge in [-0.25, -0.2) is 0 Å². The Kier molecular flexibility index (Phi) is 6.01. The molecule has 1 amide bonds. The minimum absolute atomic E-state index is 0.00811. The summed E-state index contributed by atoms with van der Waals surface area (Å²) < 4.78 is 10.5. The Labute approximate surface area is 143 Å². The van der Waals surface area contributed by atoms with Gasteiger partial charge in [0, 0.05) is 13.1 Å². The zero-order chi connectivity index (χ0) is 17.5. The van der Waals surface area contributed by atoms with Gasteiger partial charge in [-0.1, -0.05) is 36.4 Å². The molecule has 0 aromatic heterocycles. The molecule has 0 aliphatic heterocycles. The summed E-state index contributed by atoms with van der Waals surface area (Å²) in [7, 11) is 4.99. The second-order valence-electron chi connectivity index (χ2n) is 5.48. The van der Waals surface area contributed by atoms with Crippen molar-refractivity contribution in [1.82, 2.24) is 4.90 Å². The molecule has 0 aliphatic rings. The van der Waals surface area contributed by atoms with Crippen molar-refractivity contribution in [3.05, 3.63) is 65.7 Å². The molecular weight excluding hydrogens is 302 g/mol. The molecule has 0 bridgehead atoms. The maximum atomic E-state index is 12.4. The largest absolute Gasteiger partial charge is 0.493 e. The van der Waals surface area contributed by atoms with Gasteiger partial charge >= 0.3 is 0 Å². The fourth-order valence-corrected chi connectivity index (χ4v) is 2.39. The molecule has 1 atom stereocenters. The fraction of sp³-hybridized carbons (Fsp3) is 0.250. The van der Waals surface area contributed by atoms with Crippen molar-refractivity contribution in [3.63, 3.8) is 0 Å². The van der Waals surface area contributed by atoms with Crippen LogP contribution in [0.15, 0.2) is 54.6 Å². The van der Waals surface area contributed by atoms with Crippen LogP contribution >= 0.6 is 0 Å². The van der Waals surface area contributed by atoms with Gasteiger partial charge in [0.25, 0.3) is 0 Å². The van der Waals surface area contributed by atoms with E-state index in [0.29, 0.717) is 11.5 Å². The number of hydrogen-bond acceptors (Lipinski definition) is 3. The lowest BCUT2D eigenvalue weighted by molar-refractivity contribution is -0.126. The smallest absolute Gasteiger partial charge is 0.246 e. The minimum atomic E-state index is -0.0545. The number of hydrogen-bond donors (Lipinski definition) is 0. The van der Waals surface area contributed by atoms with Gasteiger partial charge in [0.1, 0.15) is 0 Å². The van der Waals surface area contributed by atoms with E-state index in [1.807, 2.05) is 55.5 Å². The number of nitrogens with zero attached hydrogens (tertiary/aromatic N) is 1. The van der Waals surface area contributed by atoms with Crippen LogP contribution in [0.25, 0.3) is 6.08 Å². The number of rotatable bonds is 6. The summed E-state index contributed by atoms with van der Waals surface area (Å²) >= 11 is 0. The van der Waals surface area contributed by atoms with E-state index in [0.717, 1.165) is 11.1 Å². The Hall–Kier alpha value is -2.75. The molecule has 24 heavy (non-hydrogen) atoms. The monoisotopic (exact) mass is 325 g/mol. The van der Waals surface area contributed by atoms with Crippen molar-refractivity contribution in [3.8, 4) is 11.5 Å². The van der Waals surface area contributed by atoms with Crippen molar-refractivity contribution in [2.24, 2.45) is 0 Å². The van der Waals surface area contributed by atoms with Crippen LogP contribution in [0, 0.1) is 0 Å². The zero-order valence-corrected chi connectivity index (χ0v) is 14.5. The number of likely N-dealkylation sites (N-methyl/N-ethyl adjacent to an activating group) is 1. The fourth-order valence-electron chi connectivity index (χ4n) is 2.39. The number of carbonyl (C=O) groups is 1. The average Bonchev–Trinajstić information content (AvgIpc) is 2.65. The molecule has 0 heterocycles. The van der Waals surface area contributed by atoms with E-state index in [-0.39, 0.29) is 11.9 Å². The molecule has 1 unspecified atom stereocenters. The first-order chi connectivity index (χ1) is 11.6. The first-order valence-corrected chi connectivity index (χ1v) is 7.78. The molecule has 126 valence electrons. The third kappa shape index (κ3) is 4.16. The molecule has 0 N–H and O–H groups in total. The number of ether oxygens (including phenoxy) is 2. The van der Waals surface area contributed by atoms with Crippen molar-refractivity contribution in [1.29, 1.82) is 0 Å². The Morgan fingerprint density at radius 2 is 1.71 bits per heavy atom. The zero-order valence-electron chi connectivity index (χ0n) is 14.5. The average molecular weight is 325 g/mol. The SMILES string of the molecule is COc1ccc(/C=C/C(=O)N(C)C(C)c2ccccc2)cc1OC. The molecule has 0 fully saturated rings. The summed E-state index contributed by atoms with van der Waals surface area (Å²) in [4.78, 5) is 14.1. The lowest BCUT2D eigenvalue weighted by Crippen LogP contribution is -2.27. The van der Waals surface area contributed by atoms with Gasteiger partial charge in [-0.15, -0.1) is 0 Å². The predicted molar refractivity (Wildman–Crippen MR) is 96.2 cm³/mol. The summed E-state index contributed by atoms with van der Waals surface area (Å²) in [5.74, 6) is 1.25. The number of benzene rings is 2. The molecule has 0 saturated carbocycles. The predicted octanol–water partition coefficient (Wildman–Crippen LogP) is 3.94. The molecule has 0 saturated heterocycles. The van der Waals surface area contributed by atoms with Gasteiger partial charge in [-0.3, -0.25) is 4.79 Å². The molecule has 2 aromatic rings. The van der Waals surface area contributed by atoms with Gasteiger partial charge in [0.05, 0.1) is 20.3 Å². The minimum Gasteiger partial charge on any atom is -0.493 e. The molecular formula is C20H23NO3. The van der Waals surface area contributed by atoms with E-state index in [4.69, 9.17) is 9.47 Å². The van der Waals surface area contributed by atoms with Crippen LogP contribution < -0.4 is 9.47 Å². The van der Waals surface area contributed by atoms with E-state index in [1.165, 1.54) is 0 Å². The van der Waals surface area contributed by atoms with Gasteiger partial charge < -0.3 is 14.4 Å². The highest BCUT2D eigenvalue weighted by molar-refractivity contribution is 5.92. The second-order valence-corrected chi connectivity index (χ2v) is 5.48. The first kappa shape index (κ1) is 17.6. The maximum absolute atomic E-state index is 12.4. The maximum Gasteiger partial charge on any atom is 0.246 e. The highest BCUT2D eigenvalue weighted by Gasteiger charge is 2.14. The normalized spacial score (nSPS) is 12.0. The Morgan fingerprint density at radius 1 is 1.04 bits per heavy atom. The van der Waals surface area contributed by atoms with Crippen LogP contribution in [-0.4, -0.2) is 32.1 Å². The van der Waals surface area contributed by atoms with E-state index in [9.17, 15) is 4.79 Å². The third-order valence-electron chi connectivity index (χ3n) is 4.04. The van der Waals surface area contributed by atoms with Crippen molar-refractivity contribution in [2.45, 2.75) is 13.0 Å². The highest BCUT2D eigenvalue weighted by atomic mass is 16.5. The standard InChI is InChI=1S/C20H23NO3/c1-15(17-8-6-5-7-9-17)21(2)20(22)13-11-16-10-12-18(23-3)19(14-16)24-4/h5-15H,1-4H3/b13-11+. The van der Waals surface area contributed by atoms with Crippen LogP contribution in [0.1, 0.15) is 24.1 Å². The lowest BCUT2D eigenvalue weighted by atomic mass is 10.1. The molecule has 4 heteroatoms. The van der Waals surface area contributed by atoms with Gasteiger partial charge in [-0.05, 0) is 36.3 Å².